The number of carbonyl (C=O) groups excluding carboxylic acids is 3. The van der Waals surface area contributed by atoms with E-state index in [-0.39, 0.29) is 47.9 Å². The van der Waals surface area contributed by atoms with Crippen molar-refractivity contribution in [3.63, 3.8) is 0 Å². The summed E-state index contributed by atoms with van der Waals surface area (Å²) in [5, 5.41) is 0. The van der Waals surface area contributed by atoms with Gasteiger partial charge in [0.05, 0.1) is 17.5 Å². The molecule has 0 N–H and O–H groups in total. The average molecular weight is 417 g/mol. The summed E-state index contributed by atoms with van der Waals surface area (Å²) in [5.74, 6) is 0.402. The molecule has 6 heteroatoms. The summed E-state index contributed by atoms with van der Waals surface area (Å²) in [6.07, 6.45) is 5.42. The smallest absolute Gasteiger partial charge is 0.238 e. The Hall–Kier alpha value is -3.28. The SMILES string of the molecule is O=C(COc1cccc(N2C(=O)[C@@H]3[C@H]4C=C[C@@H]([C@@H]5C[C@@H]45)[C@H]3C2=O)c1)c1ccc(F)cc1. The second-order valence-electron chi connectivity index (χ2n) is 8.88. The molecule has 1 saturated heterocycles. The zero-order valence-electron chi connectivity index (χ0n) is 16.6. The molecule has 7 rings (SSSR count). The Kier molecular flexibility index (Phi) is 3.94. The number of imide groups is 1. The van der Waals surface area contributed by atoms with Gasteiger partial charge in [0.25, 0.3) is 0 Å². The molecule has 0 aromatic heterocycles. The number of Topliss-reactive ketones (excluding diaryl/α,β-unsaturated/α-hetero) is 1. The minimum Gasteiger partial charge on any atom is -0.485 e. The second-order valence-corrected chi connectivity index (χ2v) is 8.88. The fraction of sp³-hybridized carbons (Fsp3) is 0.320. The summed E-state index contributed by atoms with van der Waals surface area (Å²) in [6.45, 7) is -0.223. The van der Waals surface area contributed by atoms with Crippen LogP contribution in [0.5, 0.6) is 5.75 Å². The zero-order valence-corrected chi connectivity index (χ0v) is 16.6. The molecule has 4 aliphatic carbocycles. The molecule has 0 spiro atoms. The maximum Gasteiger partial charge on any atom is 0.238 e. The lowest BCUT2D eigenvalue weighted by atomic mass is 9.63. The number of rotatable bonds is 5. The normalized spacial score (nSPS) is 32.1. The van der Waals surface area contributed by atoms with Crippen molar-refractivity contribution in [3.8, 4) is 5.75 Å². The Labute approximate surface area is 178 Å². The number of ether oxygens (including phenoxy) is 1. The predicted molar refractivity (Wildman–Crippen MR) is 110 cm³/mol. The van der Waals surface area contributed by atoms with E-state index in [1.807, 2.05) is 0 Å². The Morgan fingerprint density at radius 3 is 2.26 bits per heavy atom. The summed E-state index contributed by atoms with van der Waals surface area (Å²) in [6, 6.07) is 12.0. The maximum absolute atomic E-state index is 13.2. The number of nitrogens with zero attached hydrogens (tertiary/aromatic N) is 1. The third kappa shape index (κ3) is 2.77. The number of hydrogen-bond acceptors (Lipinski definition) is 4. The van der Waals surface area contributed by atoms with Gasteiger partial charge in [0.2, 0.25) is 11.8 Å². The van der Waals surface area contributed by atoms with E-state index in [2.05, 4.69) is 12.2 Å². The molecule has 0 unspecified atom stereocenters. The van der Waals surface area contributed by atoms with Gasteiger partial charge in [-0.25, -0.2) is 9.29 Å². The molecule has 156 valence electrons. The van der Waals surface area contributed by atoms with Gasteiger partial charge < -0.3 is 4.74 Å². The van der Waals surface area contributed by atoms with Crippen LogP contribution >= 0.6 is 0 Å². The molecule has 0 radical (unpaired) electrons. The quantitative estimate of drug-likeness (QED) is 0.423. The van der Waals surface area contributed by atoms with Gasteiger partial charge in [-0.15, -0.1) is 0 Å². The highest BCUT2D eigenvalue weighted by molar-refractivity contribution is 6.22. The van der Waals surface area contributed by atoms with E-state index in [1.165, 1.54) is 29.2 Å². The highest BCUT2D eigenvalue weighted by atomic mass is 19.1. The number of allylic oxidation sites excluding steroid dienone is 2. The van der Waals surface area contributed by atoms with Crippen LogP contribution in [-0.4, -0.2) is 24.2 Å². The van der Waals surface area contributed by atoms with Crippen molar-refractivity contribution >= 4 is 23.3 Å². The maximum atomic E-state index is 13.2. The van der Waals surface area contributed by atoms with Crippen molar-refractivity contribution in [2.24, 2.45) is 35.5 Å². The van der Waals surface area contributed by atoms with Gasteiger partial charge >= 0.3 is 0 Å². The molecule has 2 amide bonds. The lowest BCUT2D eigenvalue weighted by Gasteiger charge is -2.37. The Balaban J connectivity index is 1.20. The monoisotopic (exact) mass is 417 g/mol. The van der Waals surface area contributed by atoms with Gasteiger partial charge in [0.1, 0.15) is 11.6 Å². The van der Waals surface area contributed by atoms with Crippen molar-refractivity contribution < 1.29 is 23.5 Å². The third-order valence-corrected chi connectivity index (χ3v) is 7.27. The Morgan fingerprint density at radius 2 is 1.61 bits per heavy atom. The van der Waals surface area contributed by atoms with Crippen LogP contribution in [0.3, 0.4) is 0 Å². The molecule has 1 heterocycles. The van der Waals surface area contributed by atoms with Crippen LogP contribution < -0.4 is 9.64 Å². The Bertz CT molecular complexity index is 1100. The van der Waals surface area contributed by atoms with Crippen LogP contribution in [0.25, 0.3) is 0 Å². The molecule has 2 saturated carbocycles. The van der Waals surface area contributed by atoms with Crippen LogP contribution in [0.2, 0.25) is 0 Å². The lowest BCUT2D eigenvalue weighted by Crippen LogP contribution is -2.40. The highest BCUT2D eigenvalue weighted by Crippen LogP contribution is 2.65. The molecule has 6 atom stereocenters. The van der Waals surface area contributed by atoms with Crippen LogP contribution in [0.1, 0.15) is 16.8 Å². The summed E-state index contributed by atoms with van der Waals surface area (Å²) in [7, 11) is 0. The summed E-state index contributed by atoms with van der Waals surface area (Å²) in [4.78, 5) is 40.1. The summed E-state index contributed by atoms with van der Waals surface area (Å²) in [5.41, 5.74) is 0.831. The van der Waals surface area contributed by atoms with Gasteiger partial charge in [-0.1, -0.05) is 18.2 Å². The van der Waals surface area contributed by atoms with Crippen molar-refractivity contribution in [1.82, 2.24) is 0 Å². The molecule has 5 aliphatic rings. The van der Waals surface area contributed by atoms with E-state index in [0.717, 1.165) is 6.42 Å². The van der Waals surface area contributed by atoms with Gasteiger partial charge in [-0.2, -0.15) is 0 Å². The first-order chi connectivity index (χ1) is 15.0. The number of halogens is 1. The average Bonchev–Trinajstić information content (AvgIpc) is 3.56. The fourth-order valence-corrected chi connectivity index (χ4v) is 5.79. The van der Waals surface area contributed by atoms with Gasteiger partial charge in [0, 0.05) is 11.6 Å². The molecule has 2 aromatic rings. The van der Waals surface area contributed by atoms with E-state index < -0.39 is 5.82 Å². The van der Waals surface area contributed by atoms with Crippen molar-refractivity contribution in [1.29, 1.82) is 0 Å². The van der Waals surface area contributed by atoms with E-state index in [1.54, 1.807) is 24.3 Å². The first kappa shape index (κ1) is 18.5. The van der Waals surface area contributed by atoms with E-state index >= 15 is 0 Å². The van der Waals surface area contributed by atoms with Crippen LogP contribution in [-0.2, 0) is 9.59 Å². The largest absolute Gasteiger partial charge is 0.485 e. The van der Waals surface area contributed by atoms with Crippen LogP contribution in [0.4, 0.5) is 10.1 Å². The zero-order chi connectivity index (χ0) is 21.3. The number of hydrogen-bond donors (Lipinski definition) is 0. The number of benzene rings is 2. The van der Waals surface area contributed by atoms with Crippen LogP contribution in [0, 0.1) is 41.3 Å². The van der Waals surface area contributed by atoms with E-state index in [4.69, 9.17) is 4.74 Å². The predicted octanol–water partition coefficient (Wildman–Crippen LogP) is 3.64. The highest BCUT2D eigenvalue weighted by Gasteiger charge is 2.67. The van der Waals surface area contributed by atoms with Crippen LogP contribution in [0.15, 0.2) is 60.7 Å². The van der Waals surface area contributed by atoms with E-state index in [0.29, 0.717) is 28.8 Å². The number of carbonyl (C=O) groups is 3. The van der Waals surface area contributed by atoms with Crippen molar-refractivity contribution in [2.75, 3.05) is 11.5 Å². The molecule has 3 fully saturated rings. The minimum absolute atomic E-state index is 0.126. The molecular formula is C25H20FNO4. The van der Waals surface area contributed by atoms with Crippen molar-refractivity contribution in [2.45, 2.75) is 6.42 Å². The number of amides is 2. The van der Waals surface area contributed by atoms with Gasteiger partial charge in [-0.3, -0.25) is 14.4 Å². The summed E-state index contributed by atoms with van der Waals surface area (Å²) < 4.78 is 18.7. The summed E-state index contributed by atoms with van der Waals surface area (Å²) >= 11 is 0. The number of ketones is 1. The molecular weight excluding hydrogens is 397 g/mol. The van der Waals surface area contributed by atoms with Crippen molar-refractivity contribution in [3.05, 3.63) is 72.1 Å². The molecule has 31 heavy (non-hydrogen) atoms. The number of anilines is 1. The fourth-order valence-electron chi connectivity index (χ4n) is 5.79. The molecule has 5 nitrogen and oxygen atoms in total. The first-order valence-electron chi connectivity index (χ1n) is 10.6. The van der Waals surface area contributed by atoms with Gasteiger partial charge in [-0.05, 0) is 66.5 Å². The molecule has 2 aromatic carbocycles. The third-order valence-electron chi connectivity index (χ3n) is 7.27. The second kappa shape index (κ2) is 6.61. The molecule has 2 bridgehead atoms. The van der Waals surface area contributed by atoms with Gasteiger partial charge in [0.15, 0.2) is 12.4 Å². The topological polar surface area (TPSA) is 63.7 Å². The lowest BCUT2D eigenvalue weighted by molar-refractivity contribution is -0.124. The minimum atomic E-state index is -0.411. The standard InChI is InChI=1S/C25H20FNO4/c26-14-6-4-13(5-7-14)21(28)12-31-16-3-1-2-15(10-16)27-24(29)22-17-8-9-18(20-11-19(17)20)23(22)25(27)30/h1-10,17-20,22-23H,11-12H2/t17-,18-,19-,20-,22+,23+/m0/s1. The van der Waals surface area contributed by atoms with E-state index in [9.17, 15) is 18.8 Å². The molecule has 1 aliphatic heterocycles. The first-order valence-corrected chi connectivity index (χ1v) is 10.6. The Morgan fingerprint density at radius 1 is 0.968 bits per heavy atom.